The number of amides is 1. The predicted molar refractivity (Wildman–Crippen MR) is 91.2 cm³/mol. The number of halogens is 3. The summed E-state index contributed by atoms with van der Waals surface area (Å²) >= 11 is 0. The highest BCUT2D eigenvalue weighted by Crippen LogP contribution is 2.29. The van der Waals surface area contributed by atoms with E-state index in [1.54, 1.807) is 12.1 Å². The lowest BCUT2D eigenvalue weighted by Gasteiger charge is -2.08. The average Bonchev–Trinajstić information content (AvgIpc) is 2.60. The maximum atomic E-state index is 12.6. The molecule has 26 heavy (non-hydrogen) atoms. The van der Waals surface area contributed by atoms with Crippen LogP contribution >= 0.6 is 0 Å². The summed E-state index contributed by atoms with van der Waals surface area (Å²) in [4.78, 5) is 23.4. The van der Waals surface area contributed by atoms with Gasteiger partial charge in [0.1, 0.15) is 0 Å². The van der Waals surface area contributed by atoms with Crippen molar-refractivity contribution in [2.45, 2.75) is 13.1 Å². The van der Waals surface area contributed by atoms with E-state index in [0.29, 0.717) is 5.69 Å². The Balaban J connectivity index is 1.88. The minimum Gasteiger partial charge on any atom is -0.452 e. The fourth-order valence-corrected chi connectivity index (χ4v) is 2.07. The van der Waals surface area contributed by atoms with Gasteiger partial charge in [-0.15, -0.1) is 0 Å². The summed E-state index contributed by atoms with van der Waals surface area (Å²) in [6, 6.07) is 11.6. The number of carbonyl (C=O) groups is 2. The lowest BCUT2D eigenvalue weighted by atomic mass is 10.1. The molecule has 0 aromatic heterocycles. The van der Waals surface area contributed by atoms with Gasteiger partial charge >= 0.3 is 12.1 Å². The number of hydrogen-bond donors (Lipinski definition) is 1. The van der Waals surface area contributed by atoms with Crippen LogP contribution in [0.25, 0.3) is 6.08 Å². The third kappa shape index (κ3) is 5.77. The molecule has 0 spiro atoms. The summed E-state index contributed by atoms with van der Waals surface area (Å²) in [5.41, 5.74) is 0.844. The minimum atomic E-state index is -4.46. The zero-order chi connectivity index (χ0) is 19.2. The van der Waals surface area contributed by atoms with E-state index < -0.39 is 30.2 Å². The number of carbonyl (C=O) groups excluding carboxylic acids is 2. The second-order valence-electron chi connectivity index (χ2n) is 5.43. The molecule has 0 heterocycles. The molecule has 0 radical (unpaired) electrons. The number of aryl methyl sites for hydroxylation is 1. The van der Waals surface area contributed by atoms with E-state index in [1.807, 2.05) is 19.1 Å². The number of ether oxygens (including phenoxy) is 1. The molecule has 0 aliphatic carbocycles. The maximum Gasteiger partial charge on any atom is 0.416 e. The SMILES string of the molecule is Cc1ccccc1NC(=O)COC(=O)C=Cc1cccc(C(F)(F)F)c1. The summed E-state index contributed by atoms with van der Waals surface area (Å²) in [5, 5.41) is 2.60. The summed E-state index contributed by atoms with van der Waals surface area (Å²) in [5.74, 6) is -1.34. The van der Waals surface area contributed by atoms with Crippen molar-refractivity contribution in [3.63, 3.8) is 0 Å². The lowest BCUT2D eigenvalue weighted by Crippen LogP contribution is -2.20. The van der Waals surface area contributed by atoms with Gasteiger partial charge in [0, 0.05) is 11.8 Å². The molecule has 0 unspecified atom stereocenters. The van der Waals surface area contributed by atoms with E-state index in [0.717, 1.165) is 23.8 Å². The van der Waals surface area contributed by atoms with Crippen LogP contribution in [-0.4, -0.2) is 18.5 Å². The van der Waals surface area contributed by atoms with Crippen LogP contribution in [0.1, 0.15) is 16.7 Å². The monoisotopic (exact) mass is 363 g/mol. The number of benzene rings is 2. The van der Waals surface area contributed by atoms with Crippen molar-refractivity contribution in [1.82, 2.24) is 0 Å². The number of hydrogen-bond acceptors (Lipinski definition) is 3. The van der Waals surface area contributed by atoms with Crippen LogP contribution in [0.4, 0.5) is 18.9 Å². The summed E-state index contributed by atoms with van der Waals surface area (Å²) in [7, 11) is 0. The zero-order valence-corrected chi connectivity index (χ0v) is 13.8. The Labute approximate surface area is 148 Å². The van der Waals surface area contributed by atoms with E-state index in [4.69, 9.17) is 4.74 Å². The van der Waals surface area contributed by atoms with E-state index in [2.05, 4.69) is 5.32 Å². The molecule has 0 fully saturated rings. The second-order valence-corrected chi connectivity index (χ2v) is 5.43. The highest BCUT2D eigenvalue weighted by molar-refractivity contribution is 5.95. The van der Waals surface area contributed by atoms with Gasteiger partial charge in [0.25, 0.3) is 5.91 Å². The number of para-hydroxylation sites is 1. The van der Waals surface area contributed by atoms with Crippen molar-refractivity contribution in [2.24, 2.45) is 0 Å². The number of anilines is 1. The molecule has 2 rings (SSSR count). The van der Waals surface area contributed by atoms with Crippen LogP contribution in [0, 0.1) is 6.92 Å². The second kappa shape index (κ2) is 8.33. The molecular formula is C19H16F3NO3. The van der Waals surface area contributed by atoms with Crippen molar-refractivity contribution >= 4 is 23.6 Å². The highest BCUT2D eigenvalue weighted by atomic mass is 19.4. The molecule has 4 nitrogen and oxygen atoms in total. The van der Waals surface area contributed by atoms with E-state index in [9.17, 15) is 22.8 Å². The van der Waals surface area contributed by atoms with Gasteiger partial charge in [-0.1, -0.05) is 30.3 Å². The van der Waals surface area contributed by atoms with Gasteiger partial charge in [-0.2, -0.15) is 13.2 Å². The minimum absolute atomic E-state index is 0.195. The average molecular weight is 363 g/mol. The van der Waals surface area contributed by atoms with Crippen LogP contribution in [0.15, 0.2) is 54.6 Å². The third-order valence-corrected chi connectivity index (χ3v) is 3.39. The van der Waals surface area contributed by atoms with Crippen molar-refractivity contribution in [1.29, 1.82) is 0 Å². The van der Waals surface area contributed by atoms with Crippen molar-refractivity contribution in [3.05, 3.63) is 71.3 Å². The van der Waals surface area contributed by atoms with Crippen LogP contribution in [0.5, 0.6) is 0 Å². The molecule has 1 N–H and O–H groups in total. The Morgan fingerprint density at radius 1 is 1.12 bits per heavy atom. The van der Waals surface area contributed by atoms with Crippen LogP contribution in [0.2, 0.25) is 0 Å². The lowest BCUT2D eigenvalue weighted by molar-refractivity contribution is -0.142. The fraction of sp³-hybridized carbons (Fsp3) is 0.158. The first-order chi connectivity index (χ1) is 12.3. The molecule has 7 heteroatoms. The van der Waals surface area contributed by atoms with E-state index in [1.165, 1.54) is 18.2 Å². The van der Waals surface area contributed by atoms with Gasteiger partial charge in [-0.3, -0.25) is 4.79 Å². The maximum absolute atomic E-state index is 12.6. The molecule has 0 saturated carbocycles. The Morgan fingerprint density at radius 3 is 2.54 bits per heavy atom. The molecule has 2 aromatic carbocycles. The summed E-state index contributed by atoms with van der Waals surface area (Å²) in [6.07, 6.45) is -2.30. The predicted octanol–water partition coefficient (Wildman–Crippen LogP) is 4.21. The molecule has 1 amide bonds. The molecule has 0 aliphatic rings. The molecule has 0 aliphatic heterocycles. The van der Waals surface area contributed by atoms with Gasteiger partial charge in [-0.05, 0) is 42.3 Å². The van der Waals surface area contributed by atoms with Gasteiger partial charge in [0.15, 0.2) is 6.61 Å². The Hall–Kier alpha value is -3.09. The van der Waals surface area contributed by atoms with E-state index >= 15 is 0 Å². The molecule has 0 saturated heterocycles. The van der Waals surface area contributed by atoms with Gasteiger partial charge in [0.2, 0.25) is 0 Å². The van der Waals surface area contributed by atoms with Gasteiger partial charge in [0.05, 0.1) is 5.56 Å². The largest absolute Gasteiger partial charge is 0.452 e. The zero-order valence-electron chi connectivity index (χ0n) is 13.8. The third-order valence-electron chi connectivity index (χ3n) is 3.39. The number of alkyl halides is 3. The van der Waals surface area contributed by atoms with Crippen LogP contribution in [0.3, 0.4) is 0 Å². The van der Waals surface area contributed by atoms with Crippen molar-refractivity contribution < 1.29 is 27.5 Å². The first-order valence-corrected chi connectivity index (χ1v) is 7.63. The standard InChI is InChI=1S/C19H16F3NO3/c1-13-5-2-3-8-16(13)23-17(24)12-26-18(25)10-9-14-6-4-7-15(11-14)19(20,21)22/h2-11H,12H2,1H3,(H,23,24). The fourth-order valence-electron chi connectivity index (χ4n) is 2.07. The van der Waals surface area contributed by atoms with Crippen molar-refractivity contribution in [2.75, 3.05) is 11.9 Å². The highest BCUT2D eigenvalue weighted by Gasteiger charge is 2.30. The summed E-state index contributed by atoms with van der Waals surface area (Å²) < 4.78 is 42.6. The number of nitrogens with one attached hydrogen (secondary N) is 1. The molecule has 2 aromatic rings. The summed E-state index contributed by atoms with van der Waals surface area (Å²) in [6.45, 7) is 1.32. The number of rotatable bonds is 5. The van der Waals surface area contributed by atoms with Crippen molar-refractivity contribution in [3.8, 4) is 0 Å². The first kappa shape index (κ1) is 19.2. The van der Waals surface area contributed by atoms with Crippen LogP contribution in [-0.2, 0) is 20.5 Å². The van der Waals surface area contributed by atoms with E-state index in [-0.39, 0.29) is 5.56 Å². The molecule has 0 bridgehead atoms. The van der Waals surface area contributed by atoms with Crippen LogP contribution < -0.4 is 5.32 Å². The quantitative estimate of drug-likeness (QED) is 0.640. The Kier molecular flexibility index (Phi) is 6.16. The van der Waals surface area contributed by atoms with Gasteiger partial charge in [-0.25, -0.2) is 4.79 Å². The number of esters is 1. The first-order valence-electron chi connectivity index (χ1n) is 7.63. The smallest absolute Gasteiger partial charge is 0.416 e. The topological polar surface area (TPSA) is 55.4 Å². The molecule has 136 valence electrons. The molecular weight excluding hydrogens is 347 g/mol. The Bertz CT molecular complexity index is 829. The normalized spacial score (nSPS) is 11.4. The molecule has 0 atom stereocenters. The Morgan fingerprint density at radius 2 is 1.85 bits per heavy atom. The van der Waals surface area contributed by atoms with Gasteiger partial charge < -0.3 is 10.1 Å².